The smallest absolute Gasteiger partial charge is 0.258 e. The lowest BCUT2D eigenvalue weighted by Gasteiger charge is -2.28. The minimum Gasteiger partial charge on any atom is -0.306 e. The molecule has 1 amide bonds. The summed E-state index contributed by atoms with van der Waals surface area (Å²) >= 11 is 8.16. The average molecular weight is 385 g/mol. The molecule has 0 bridgehead atoms. The van der Waals surface area contributed by atoms with Gasteiger partial charge in [-0.1, -0.05) is 11.6 Å². The molecule has 3 rings (SSSR count). The number of pyridine rings is 1. The Labute approximate surface area is 129 Å². The van der Waals surface area contributed by atoms with Crippen LogP contribution in [0.4, 0.5) is 5.69 Å². The van der Waals surface area contributed by atoms with Gasteiger partial charge in [-0.3, -0.25) is 9.78 Å². The molecule has 0 saturated heterocycles. The van der Waals surface area contributed by atoms with Crippen molar-refractivity contribution in [2.45, 2.75) is 6.42 Å². The van der Waals surface area contributed by atoms with Crippen molar-refractivity contribution in [3.63, 3.8) is 0 Å². The molecular weight excluding hydrogens is 375 g/mol. The highest BCUT2D eigenvalue weighted by atomic mass is 127. The van der Waals surface area contributed by atoms with E-state index in [0.717, 1.165) is 26.8 Å². The number of fused-ring (bicyclic) bond motifs is 1. The zero-order chi connectivity index (χ0) is 13.4. The first-order valence-corrected chi connectivity index (χ1v) is 7.31. The maximum atomic E-state index is 12.5. The molecule has 0 atom stereocenters. The first-order valence-electron chi connectivity index (χ1n) is 5.86. The summed E-state index contributed by atoms with van der Waals surface area (Å²) in [5, 5.41) is 0.677. The number of anilines is 1. The van der Waals surface area contributed by atoms with E-state index < -0.39 is 0 Å². The van der Waals surface area contributed by atoms with Gasteiger partial charge in [0.25, 0.3) is 5.91 Å². The van der Waals surface area contributed by atoms with E-state index in [9.17, 15) is 4.79 Å². The first kappa shape index (κ1) is 12.9. The Hall–Kier alpha value is -1.14. The van der Waals surface area contributed by atoms with Gasteiger partial charge >= 0.3 is 0 Å². The van der Waals surface area contributed by atoms with Crippen LogP contribution in [0.5, 0.6) is 0 Å². The highest BCUT2D eigenvalue weighted by Gasteiger charge is 2.25. The number of halogens is 2. The fourth-order valence-electron chi connectivity index (χ4n) is 2.25. The molecule has 1 aliphatic heterocycles. The summed E-state index contributed by atoms with van der Waals surface area (Å²) < 4.78 is 1.02. The van der Waals surface area contributed by atoms with Crippen molar-refractivity contribution in [3.8, 4) is 0 Å². The summed E-state index contributed by atoms with van der Waals surface area (Å²) in [5.41, 5.74) is 2.60. The number of nitrogens with zero attached hydrogens (tertiary/aromatic N) is 2. The zero-order valence-electron chi connectivity index (χ0n) is 9.94. The molecule has 0 fully saturated rings. The highest BCUT2D eigenvalue weighted by Crippen LogP contribution is 2.26. The second-order valence-electron chi connectivity index (χ2n) is 4.37. The van der Waals surface area contributed by atoms with Crippen LogP contribution in [-0.2, 0) is 6.42 Å². The van der Waals surface area contributed by atoms with Gasteiger partial charge in [-0.05, 0) is 58.8 Å². The maximum Gasteiger partial charge on any atom is 0.258 e. The van der Waals surface area contributed by atoms with Crippen molar-refractivity contribution in [2.24, 2.45) is 0 Å². The van der Waals surface area contributed by atoms with Crippen LogP contribution in [0, 0.1) is 3.57 Å². The Morgan fingerprint density at radius 3 is 2.89 bits per heavy atom. The summed E-state index contributed by atoms with van der Waals surface area (Å²) in [6, 6.07) is 7.40. The number of amides is 1. The third-order valence-corrected chi connectivity index (χ3v) is 3.97. The summed E-state index contributed by atoms with van der Waals surface area (Å²) in [5.74, 6) is 0.0155. The number of benzene rings is 1. The van der Waals surface area contributed by atoms with Crippen molar-refractivity contribution in [2.75, 3.05) is 11.4 Å². The monoisotopic (exact) mass is 384 g/mol. The molecule has 0 radical (unpaired) electrons. The Kier molecular flexibility index (Phi) is 3.45. The summed E-state index contributed by atoms with van der Waals surface area (Å²) in [6.45, 7) is 0.661. The molecule has 0 saturated carbocycles. The number of carbonyl (C=O) groups excluding carboxylic acids is 1. The second kappa shape index (κ2) is 5.09. The van der Waals surface area contributed by atoms with Crippen molar-refractivity contribution in [1.82, 2.24) is 4.98 Å². The summed E-state index contributed by atoms with van der Waals surface area (Å²) in [6.07, 6.45) is 4.31. The van der Waals surface area contributed by atoms with Crippen LogP contribution in [0.3, 0.4) is 0 Å². The Balaban J connectivity index is 2.00. The maximum absolute atomic E-state index is 12.5. The standard InChI is InChI=1S/C14H10ClIN2O/c15-10-1-2-13-9(5-10)3-4-18(14(13)19)12-6-11(16)7-17-8-12/h1-2,5-8H,3-4H2. The predicted octanol–water partition coefficient (Wildman–Crippen LogP) is 3.54. The molecular formula is C14H10ClIN2O. The van der Waals surface area contributed by atoms with Gasteiger partial charge in [0.15, 0.2) is 0 Å². The van der Waals surface area contributed by atoms with E-state index in [1.165, 1.54) is 0 Å². The lowest BCUT2D eigenvalue weighted by molar-refractivity contribution is 0.0980. The van der Waals surface area contributed by atoms with Gasteiger partial charge in [-0.15, -0.1) is 0 Å². The molecule has 0 N–H and O–H groups in total. The molecule has 2 heterocycles. The van der Waals surface area contributed by atoms with Crippen molar-refractivity contribution >= 4 is 45.8 Å². The van der Waals surface area contributed by atoms with Gasteiger partial charge < -0.3 is 4.90 Å². The second-order valence-corrected chi connectivity index (χ2v) is 6.05. The largest absolute Gasteiger partial charge is 0.306 e. The highest BCUT2D eigenvalue weighted by molar-refractivity contribution is 14.1. The van der Waals surface area contributed by atoms with Crippen molar-refractivity contribution in [3.05, 3.63) is 56.4 Å². The van der Waals surface area contributed by atoms with E-state index in [2.05, 4.69) is 27.6 Å². The lowest BCUT2D eigenvalue weighted by atomic mass is 9.99. The van der Waals surface area contributed by atoms with Gasteiger partial charge in [0.2, 0.25) is 0 Å². The third-order valence-electron chi connectivity index (χ3n) is 3.15. The molecule has 19 heavy (non-hydrogen) atoms. The zero-order valence-corrected chi connectivity index (χ0v) is 12.9. The van der Waals surface area contributed by atoms with Crippen molar-refractivity contribution < 1.29 is 4.79 Å². The molecule has 96 valence electrons. The summed E-state index contributed by atoms with van der Waals surface area (Å²) in [4.78, 5) is 18.4. The molecule has 1 aliphatic rings. The number of rotatable bonds is 1. The van der Waals surface area contributed by atoms with Crippen LogP contribution in [0.15, 0.2) is 36.7 Å². The first-order chi connectivity index (χ1) is 9.15. The van der Waals surface area contributed by atoms with Crippen LogP contribution in [0.1, 0.15) is 15.9 Å². The Morgan fingerprint density at radius 2 is 2.11 bits per heavy atom. The quantitative estimate of drug-likeness (QED) is 0.705. The van der Waals surface area contributed by atoms with Gasteiger partial charge in [0.05, 0.1) is 11.9 Å². The number of carbonyl (C=O) groups is 1. The van der Waals surface area contributed by atoms with Gasteiger partial charge in [0.1, 0.15) is 0 Å². The SMILES string of the molecule is O=C1c2ccc(Cl)cc2CCN1c1cncc(I)c1. The normalized spacial score (nSPS) is 14.4. The van der Waals surface area contributed by atoms with Gasteiger partial charge in [-0.2, -0.15) is 0 Å². The van der Waals surface area contributed by atoms with Crippen LogP contribution < -0.4 is 4.90 Å². The van der Waals surface area contributed by atoms with E-state index in [1.54, 1.807) is 29.4 Å². The van der Waals surface area contributed by atoms with E-state index in [1.807, 2.05) is 12.1 Å². The van der Waals surface area contributed by atoms with Gasteiger partial charge in [-0.25, -0.2) is 0 Å². The average Bonchev–Trinajstić information content (AvgIpc) is 2.39. The van der Waals surface area contributed by atoms with Crippen LogP contribution in [0.2, 0.25) is 5.02 Å². The molecule has 5 heteroatoms. The fraction of sp³-hybridized carbons (Fsp3) is 0.143. The fourth-order valence-corrected chi connectivity index (χ4v) is 2.93. The van der Waals surface area contributed by atoms with Crippen molar-refractivity contribution in [1.29, 1.82) is 0 Å². The number of aromatic nitrogens is 1. The lowest BCUT2D eigenvalue weighted by Crippen LogP contribution is -2.37. The molecule has 0 aliphatic carbocycles. The predicted molar refractivity (Wildman–Crippen MR) is 83.8 cm³/mol. The molecule has 3 nitrogen and oxygen atoms in total. The third kappa shape index (κ3) is 2.47. The van der Waals surface area contributed by atoms with E-state index in [4.69, 9.17) is 11.6 Å². The molecule has 1 aromatic heterocycles. The molecule has 0 spiro atoms. The minimum absolute atomic E-state index is 0.0155. The van der Waals surface area contributed by atoms with E-state index in [0.29, 0.717) is 11.6 Å². The molecule has 1 aromatic carbocycles. The van der Waals surface area contributed by atoms with Crippen LogP contribution in [-0.4, -0.2) is 17.4 Å². The summed E-state index contributed by atoms with van der Waals surface area (Å²) in [7, 11) is 0. The van der Waals surface area contributed by atoms with Crippen LogP contribution >= 0.6 is 34.2 Å². The number of hydrogen-bond acceptors (Lipinski definition) is 2. The van der Waals surface area contributed by atoms with E-state index in [-0.39, 0.29) is 5.91 Å². The number of hydrogen-bond donors (Lipinski definition) is 0. The minimum atomic E-state index is 0.0155. The van der Waals surface area contributed by atoms with E-state index >= 15 is 0 Å². The van der Waals surface area contributed by atoms with Crippen LogP contribution in [0.25, 0.3) is 0 Å². The Bertz CT molecular complexity index is 660. The molecule has 2 aromatic rings. The van der Waals surface area contributed by atoms with Gasteiger partial charge in [0, 0.05) is 26.9 Å². The molecule has 0 unspecified atom stereocenters. The topological polar surface area (TPSA) is 33.2 Å². The Morgan fingerprint density at radius 1 is 1.26 bits per heavy atom.